The number of nitrogens with zero attached hydrogens (tertiary/aromatic N) is 1. The molecule has 21 heavy (non-hydrogen) atoms. The number of hydrogen-bond donors (Lipinski definition) is 2. The molecule has 0 bridgehead atoms. The summed E-state index contributed by atoms with van der Waals surface area (Å²) in [5.41, 5.74) is -1.59. The van der Waals surface area contributed by atoms with Crippen LogP contribution in [0.25, 0.3) is 0 Å². The topological polar surface area (TPSA) is 110 Å². The molecule has 0 heterocycles. The molecule has 1 aromatic carbocycles. The predicted octanol–water partition coefficient (Wildman–Crippen LogP) is 2.46. The smallest absolute Gasteiger partial charge is 0.303 e. The summed E-state index contributed by atoms with van der Waals surface area (Å²) in [6.07, 6.45) is 0.241. The highest BCUT2D eigenvalue weighted by Gasteiger charge is 2.22. The van der Waals surface area contributed by atoms with Crippen LogP contribution in [0.3, 0.4) is 0 Å². The van der Waals surface area contributed by atoms with E-state index in [1.165, 1.54) is 0 Å². The summed E-state index contributed by atoms with van der Waals surface area (Å²) in [4.78, 5) is 31.5. The highest BCUT2D eigenvalue weighted by Crippen LogP contribution is 2.28. The molecule has 7 nitrogen and oxygen atoms in total. The molecule has 0 unspecified atom stereocenters. The van der Waals surface area contributed by atoms with E-state index < -0.39 is 39.8 Å². The van der Waals surface area contributed by atoms with Crippen LogP contribution in [-0.2, 0) is 9.59 Å². The Labute approximate surface area is 117 Å². The molecule has 114 valence electrons. The summed E-state index contributed by atoms with van der Waals surface area (Å²) in [5.74, 6) is -4.09. The van der Waals surface area contributed by atoms with Crippen LogP contribution < -0.4 is 5.32 Å². The van der Waals surface area contributed by atoms with Gasteiger partial charge in [-0.1, -0.05) is 0 Å². The molecule has 2 N–H and O–H groups in total. The second-order valence-electron chi connectivity index (χ2n) is 4.19. The van der Waals surface area contributed by atoms with Gasteiger partial charge in [-0.2, -0.15) is 0 Å². The van der Waals surface area contributed by atoms with Crippen LogP contribution >= 0.6 is 0 Å². The fourth-order valence-electron chi connectivity index (χ4n) is 1.59. The molecule has 1 rings (SSSR count). The number of unbranched alkanes of at least 4 members (excludes halogenated alkanes) is 1. The third-order valence-electron chi connectivity index (χ3n) is 2.54. The van der Waals surface area contributed by atoms with Crippen molar-refractivity contribution >= 4 is 23.3 Å². The Morgan fingerprint density at radius 1 is 1.24 bits per heavy atom. The molecule has 0 saturated carbocycles. The number of aliphatic carboxylic acids is 1. The number of carbonyl (C=O) groups is 2. The fraction of sp³-hybridized carbons (Fsp3) is 0.333. The van der Waals surface area contributed by atoms with Crippen molar-refractivity contribution in [2.24, 2.45) is 0 Å². The number of nitro groups is 1. The first kappa shape index (κ1) is 16.5. The first-order chi connectivity index (χ1) is 9.81. The molecule has 0 aliphatic carbocycles. The van der Waals surface area contributed by atoms with E-state index in [2.05, 4.69) is 0 Å². The standard InChI is InChI=1S/C12H12F2N2O5/c13-7-5-8(14)12(9(6-7)16(20)21)15-10(17)3-1-2-4-11(18)19/h5-6H,1-4H2,(H,15,17)(H,18,19). The van der Waals surface area contributed by atoms with Gasteiger partial charge in [-0.3, -0.25) is 19.7 Å². The zero-order chi connectivity index (χ0) is 16.0. The lowest BCUT2D eigenvalue weighted by Crippen LogP contribution is -2.14. The molecule has 0 fully saturated rings. The normalized spacial score (nSPS) is 10.2. The van der Waals surface area contributed by atoms with Gasteiger partial charge in [-0.15, -0.1) is 0 Å². The minimum Gasteiger partial charge on any atom is -0.481 e. The highest BCUT2D eigenvalue weighted by atomic mass is 19.1. The monoisotopic (exact) mass is 302 g/mol. The SMILES string of the molecule is O=C(O)CCCCC(=O)Nc1c(F)cc(F)cc1[N+](=O)[O-]. The van der Waals surface area contributed by atoms with Crippen LogP contribution in [-0.4, -0.2) is 21.9 Å². The van der Waals surface area contributed by atoms with E-state index in [4.69, 9.17) is 5.11 Å². The lowest BCUT2D eigenvalue weighted by molar-refractivity contribution is -0.384. The van der Waals surface area contributed by atoms with Crippen LogP contribution in [0.4, 0.5) is 20.2 Å². The van der Waals surface area contributed by atoms with Gasteiger partial charge in [0, 0.05) is 18.9 Å². The van der Waals surface area contributed by atoms with E-state index in [9.17, 15) is 28.5 Å². The summed E-state index contributed by atoms with van der Waals surface area (Å²) >= 11 is 0. The Bertz CT molecular complexity index is 577. The van der Waals surface area contributed by atoms with Crippen molar-refractivity contribution in [2.45, 2.75) is 25.7 Å². The number of anilines is 1. The molecular weight excluding hydrogens is 290 g/mol. The summed E-state index contributed by atoms with van der Waals surface area (Å²) in [6, 6.07) is 0.927. The molecule has 0 spiro atoms. The number of carboxylic acids is 1. The van der Waals surface area contributed by atoms with Crippen molar-refractivity contribution in [3.05, 3.63) is 33.9 Å². The Balaban J connectivity index is 2.72. The number of carboxylic acid groups (broad SMARTS) is 1. The molecule has 1 aromatic rings. The van der Waals surface area contributed by atoms with Gasteiger partial charge < -0.3 is 10.4 Å². The summed E-state index contributed by atoms with van der Waals surface area (Å²) in [6.45, 7) is 0. The van der Waals surface area contributed by atoms with Crippen LogP contribution in [0.1, 0.15) is 25.7 Å². The number of rotatable bonds is 7. The Kier molecular flexibility index (Phi) is 5.70. The van der Waals surface area contributed by atoms with E-state index in [0.717, 1.165) is 0 Å². The maximum atomic E-state index is 13.5. The average molecular weight is 302 g/mol. The second-order valence-corrected chi connectivity index (χ2v) is 4.19. The van der Waals surface area contributed by atoms with Gasteiger partial charge in [0.05, 0.1) is 11.0 Å². The third kappa shape index (κ3) is 5.13. The number of benzene rings is 1. The molecule has 0 radical (unpaired) electrons. The maximum Gasteiger partial charge on any atom is 0.303 e. The number of halogens is 2. The summed E-state index contributed by atoms with van der Waals surface area (Å²) < 4.78 is 26.4. The van der Waals surface area contributed by atoms with E-state index in [-0.39, 0.29) is 25.7 Å². The van der Waals surface area contributed by atoms with Crippen molar-refractivity contribution in [2.75, 3.05) is 5.32 Å². The largest absolute Gasteiger partial charge is 0.481 e. The van der Waals surface area contributed by atoms with Crippen LogP contribution in [0, 0.1) is 21.7 Å². The lowest BCUT2D eigenvalue weighted by atomic mass is 10.2. The molecule has 0 aliphatic heterocycles. The number of amides is 1. The van der Waals surface area contributed by atoms with Gasteiger partial charge in [0.15, 0.2) is 11.5 Å². The van der Waals surface area contributed by atoms with Crippen LogP contribution in [0.2, 0.25) is 0 Å². The fourth-order valence-corrected chi connectivity index (χ4v) is 1.59. The molecule has 0 atom stereocenters. The van der Waals surface area contributed by atoms with Gasteiger partial charge in [-0.25, -0.2) is 8.78 Å². The first-order valence-corrected chi connectivity index (χ1v) is 5.96. The van der Waals surface area contributed by atoms with Gasteiger partial charge in [0.1, 0.15) is 5.82 Å². The lowest BCUT2D eigenvalue weighted by Gasteiger charge is -2.07. The van der Waals surface area contributed by atoms with Gasteiger partial charge in [-0.05, 0) is 12.8 Å². The quantitative estimate of drug-likeness (QED) is 0.456. The molecule has 9 heteroatoms. The second kappa shape index (κ2) is 7.27. The van der Waals surface area contributed by atoms with E-state index in [0.29, 0.717) is 12.1 Å². The van der Waals surface area contributed by atoms with Crippen molar-refractivity contribution in [3.63, 3.8) is 0 Å². The summed E-state index contributed by atoms with van der Waals surface area (Å²) in [5, 5.41) is 21.1. The minimum absolute atomic E-state index is 0.113. The third-order valence-corrected chi connectivity index (χ3v) is 2.54. The minimum atomic E-state index is -1.25. The Hall–Kier alpha value is -2.58. The molecule has 0 aliphatic rings. The van der Waals surface area contributed by atoms with Gasteiger partial charge in [0.25, 0.3) is 5.69 Å². The molecule has 0 aromatic heterocycles. The summed E-state index contributed by atoms with van der Waals surface area (Å²) in [7, 11) is 0. The first-order valence-electron chi connectivity index (χ1n) is 5.96. The zero-order valence-corrected chi connectivity index (χ0v) is 10.8. The van der Waals surface area contributed by atoms with Gasteiger partial charge in [0.2, 0.25) is 5.91 Å². The molecular formula is C12H12F2N2O5. The highest BCUT2D eigenvalue weighted by molar-refractivity contribution is 5.93. The van der Waals surface area contributed by atoms with Crippen LogP contribution in [0.15, 0.2) is 12.1 Å². The Morgan fingerprint density at radius 3 is 2.43 bits per heavy atom. The van der Waals surface area contributed by atoms with E-state index >= 15 is 0 Å². The number of carbonyl (C=O) groups excluding carboxylic acids is 1. The molecule has 1 amide bonds. The van der Waals surface area contributed by atoms with Gasteiger partial charge >= 0.3 is 5.97 Å². The molecule has 0 saturated heterocycles. The van der Waals surface area contributed by atoms with Crippen molar-refractivity contribution in [1.29, 1.82) is 0 Å². The average Bonchev–Trinajstić information content (AvgIpc) is 2.37. The number of nitro benzene ring substituents is 1. The Morgan fingerprint density at radius 2 is 1.86 bits per heavy atom. The predicted molar refractivity (Wildman–Crippen MR) is 67.7 cm³/mol. The zero-order valence-electron chi connectivity index (χ0n) is 10.8. The van der Waals surface area contributed by atoms with E-state index in [1.807, 2.05) is 5.32 Å². The van der Waals surface area contributed by atoms with E-state index in [1.54, 1.807) is 0 Å². The van der Waals surface area contributed by atoms with Crippen molar-refractivity contribution in [3.8, 4) is 0 Å². The van der Waals surface area contributed by atoms with Crippen LogP contribution in [0.5, 0.6) is 0 Å². The maximum absolute atomic E-state index is 13.5. The van der Waals surface area contributed by atoms with Crippen molar-refractivity contribution < 1.29 is 28.4 Å². The van der Waals surface area contributed by atoms with Crippen molar-refractivity contribution in [1.82, 2.24) is 0 Å². The number of hydrogen-bond acceptors (Lipinski definition) is 4. The number of nitrogens with one attached hydrogen (secondary N) is 1.